The second-order valence-corrected chi connectivity index (χ2v) is 9.36. The van der Waals surface area contributed by atoms with E-state index in [9.17, 15) is 9.59 Å². The average Bonchev–Trinajstić information content (AvgIpc) is 3.26. The summed E-state index contributed by atoms with van der Waals surface area (Å²) in [6, 6.07) is 14.2. The summed E-state index contributed by atoms with van der Waals surface area (Å²) >= 11 is 1.29. The van der Waals surface area contributed by atoms with Gasteiger partial charge in [0.2, 0.25) is 5.88 Å². The maximum absolute atomic E-state index is 13.3. The van der Waals surface area contributed by atoms with Crippen molar-refractivity contribution < 1.29 is 14.3 Å². The number of nitrogens with zero attached hydrogens (tertiary/aromatic N) is 3. The Balaban J connectivity index is 1.31. The summed E-state index contributed by atoms with van der Waals surface area (Å²) < 4.78 is 5.77. The van der Waals surface area contributed by atoms with E-state index in [1.165, 1.54) is 11.3 Å². The molecule has 0 spiro atoms. The van der Waals surface area contributed by atoms with Crippen molar-refractivity contribution in [3.05, 3.63) is 65.8 Å². The van der Waals surface area contributed by atoms with E-state index in [0.29, 0.717) is 38.4 Å². The molecule has 35 heavy (non-hydrogen) atoms. The summed E-state index contributed by atoms with van der Waals surface area (Å²) in [7, 11) is 0. The number of rotatable bonds is 5. The lowest BCUT2D eigenvalue weighted by molar-refractivity contribution is 0.0935. The van der Waals surface area contributed by atoms with Crippen LogP contribution in [0.2, 0.25) is 0 Å². The number of anilines is 3. The highest BCUT2D eigenvalue weighted by molar-refractivity contribution is 7.21. The van der Waals surface area contributed by atoms with E-state index in [-0.39, 0.29) is 18.0 Å². The van der Waals surface area contributed by atoms with Crippen molar-refractivity contribution in [2.24, 2.45) is 0 Å². The van der Waals surface area contributed by atoms with Crippen LogP contribution >= 0.6 is 11.3 Å². The zero-order valence-electron chi connectivity index (χ0n) is 18.7. The van der Waals surface area contributed by atoms with E-state index in [0.717, 1.165) is 31.3 Å². The molecule has 3 aromatic heterocycles. The quantitative estimate of drug-likeness (QED) is 0.379. The van der Waals surface area contributed by atoms with Crippen LogP contribution in [0, 0.1) is 0 Å². The van der Waals surface area contributed by atoms with E-state index >= 15 is 0 Å². The monoisotopic (exact) mass is 486 g/mol. The second-order valence-electron chi connectivity index (χ2n) is 8.36. The van der Waals surface area contributed by atoms with Gasteiger partial charge in [-0.1, -0.05) is 6.07 Å². The molecule has 1 fully saturated rings. The number of benzene rings is 1. The lowest BCUT2D eigenvalue weighted by Crippen LogP contribution is -2.45. The third kappa shape index (κ3) is 4.07. The first-order chi connectivity index (χ1) is 17.2. The van der Waals surface area contributed by atoms with Crippen LogP contribution in [0.1, 0.15) is 22.5 Å². The molecule has 176 valence electrons. The fourth-order valence-corrected chi connectivity index (χ4v) is 5.44. The first-order valence-corrected chi connectivity index (χ1v) is 12.2. The number of pyridine rings is 2. The highest BCUT2D eigenvalue weighted by Gasteiger charge is 2.33. The summed E-state index contributed by atoms with van der Waals surface area (Å²) in [4.78, 5) is 37.7. The number of piperidine rings is 1. The van der Waals surface area contributed by atoms with Crippen molar-refractivity contribution in [3.8, 4) is 11.6 Å². The van der Waals surface area contributed by atoms with Crippen LogP contribution in [0.25, 0.3) is 10.2 Å². The standard InChI is InChI=1S/C25H22N6O3S/c32-23(29-15-4-3-11-26-14-15)22-21-20-18(10-13-28-24(20)35-22)31(25(33)30-21)16-6-8-17(9-7-16)34-19-5-1-2-12-27-19/h1-2,5-10,12-13,15,26H,3-4,11,14H2,(H,29,32)(H,30,33)/t15-/m1/s1. The fraction of sp³-hybridized carbons (Fsp3) is 0.200. The molecule has 0 radical (unpaired) electrons. The van der Waals surface area contributed by atoms with Crippen LogP contribution in [0.15, 0.2) is 60.9 Å². The van der Waals surface area contributed by atoms with E-state index in [1.807, 2.05) is 24.3 Å². The van der Waals surface area contributed by atoms with Gasteiger partial charge < -0.3 is 20.7 Å². The summed E-state index contributed by atoms with van der Waals surface area (Å²) in [6.45, 7) is 1.71. The summed E-state index contributed by atoms with van der Waals surface area (Å²) in [5, 5.41) is 10.1. The molecule has 3 N–H and O–H groups in total. The molecule has 2 aliphatic heterocycles. The van der Waals surface area contributed by atoms with Gasteiger partial charge >= 0.3 is 6.03 Å². The largest absolute Gasteiger partial charge is 0.439 e. The van der Waals surface area contributed by atoms with Gasteiger partial charge in [-0.05, 0) is 55.8 Å². The van der Waals surface area contributed by atoms with Crippen molar-refractivity contribution in [2.75, 3.05) is 23.3 Å². The van der Waals surface area contributed by atoms with E-state index < -0.39 is 0 Å². The topological polar surface area (TPSA) is 108 Å². The van der Waals surface area contributed by atoms with Gasteiger partial charge in [-0.3, -0.25) is 9.69 Å². The number of carbonyl (C=O) groups excluding carboxylic acids is 2. The zero-order valence-corrected chi connectivity index (χ0v) is 19.5. The Morgan fingerprint density at radius 2 is 2.00 bits per heavy atom. The minimum Gasteiger partial charge on any atom is -0.439 e. The highest BCUT2D eigenvalue weighted by Crippen LogP contribution is 2.45. The van der Waals surface area contributed by atoms with Gasteiger partial charge in [-0.2, -0.15) is 0 Å². The molecule has 9 nitrogen and oxygen atoms in total. The Kier molecular flexibility index (Phi) is 5.51. The number of hydrogen-bond donors (Lipinski definition) is 3. The number of nitrogens with one attached hydrogen (secondary N) is 3. The molecule has 0 aliphatic carbocycles. The van der Waals surface area contributed by atoms with E-state index in [4.69, 9.17) is 4.74 Å². The molecular weight excluding hydrogens is 464 g/mol. The van der Waals surface area contributed by atoms with Crippen LogP contribution in [0.3, 0.4) is 0 Å². The Labute approximate surface area is 205 Å². The molecule has 0 saturated carbocycles. The van der Waals surface area contributed by atoms with Crippen molar-refractivity contribution >= 4 is 50.6 Å². The van der Waals surface area contributed by atoms with Crippen molar-refractivity contribution in [3.63, 3.8) is 0 Å². The van der Waals surface area contributed by atoms with Gasteiger partial charge in [0.25, 0.3) is 5.91 Å². The van der Waals surface area contributed by atoms with Gasteiger partial charge in [0.15, 0.2) is 0 Å². The molecule has 0 unspecified atom stereocenters. The number of ether oxygens (including phenoxy) is 1. The van der Waals surface area contributed by atoms with Gasteiger partial charge in [0.1, 0.15) is 15.5 Å². The third-order valence-corrected chi connectivity index (χ3v) is 7.14. The van der Waals surface area contributed by atoms with Gasteiger partial charge in [0.05, 0.1) is 22.4 Å². The van der Waals surface area contributed by atoms with Crippen molar-refractivity contribution in [2.45, 2.75) is 18.9 Å². The highest BCUT2D eigenvalue weighted by atomic mass is 32.1. The molecule has 1 aromatic carbocycles. The molecule has 1 saturated heterocycles. The average molecular weight is 487 g/mol. The Morgan fingerprint density at radius 1 is 1.11 bits per heavy atom. The summed E-state index contributed by atoms with van der Waals surface area (Å²) in [6.07, 6.45) is 5.28. The number of aromatic nitrogens is 2. The smallest absolute Gasteiger partial charge is 0.331 e. The molecule has 10 heteroatoms. The molecule has 1 atom stereocenters. The van der Waals surface area contributed by atoms with Crippen LogP contribution in [-0.4, -0.2) is 41.0 Å². The Bertz CT molecular complexity index is 1400. The van der Waals surface area contributed by atoms with Crippen LogP contribution in [0.5, 0.6) is 11.6 Å². The lowest BCUT2D eigenvalue weighted by Gasteiger charge is -2.28. The third-order valence-electron chi connectivity index (χ3n) is 6.04. The Morgan fingerprint density at radius 3 is 2.77 bits per heavy atom. The first-order valence-electron chi connectivity index (χ1n) is 11.4. The maximum Gasteiger partial charge on any atom is 0.331 e. The molecule has 6 rings (SSSR count). The minimum atomic E-state index is -0.338. The SMILES string of the molecule is O=C(N[C@@H]1CCCNC1)c1sc2nccc3c2c1NC(=O)N3c1ccc(Oc2ccccn2)cc1. The molecule has 5 heterocycles. The minimum absolute atomic E-state index is 0.0729. The van der Waals surface area contributed by atoms with E-state index in [2.05, 4.69) is 25.9 Å². The lowest BCUT2D eigenvalue weighted by atomic mass is 10.1. The molecule has 2 aliphatic rings. The number of carbonyl (C=O) groups is 2. The zero-order chi connectivity index (χ0) is 23.8. The van der Waals surface area contributed by atoms with E-state index in [1.54, 1.807) is 41.6 Å². The van der Waals surface area contributed by atoms with Crippen molar-refractivity contribution in [1.82, 2.24) is 20.6 Å². The fourth-order valence-electron chi connectivity index (χ4n) is 4.42. The van der Waals surface area contributed by atoms with Gasteiger partial charge in [-0.15, -0.1) is 11.3 Å². The molecule has 4 aromatic rings. The van der Waals surface area contributed by atoms with Gasteiger partial charge in [-0.25, -0.2) is 14.8 Å². The number of amides is 3. The maximum atomic E-state index is 13.3. The predicted octanol–water partition coefficient (Wildman–Crippen LogP) is 4.65. The summed E-state index contributed by atoms with van der Waals surface area (Å²) in [5.74, 6) is 0.911. The number of hydrogen-bond acceptors (Lipinski definition) is 7. The second kappa shape index (κ2) is 8.97. The van der Waals surface area contributed by atoms with Gasteiger partial charge in [0, 0.05) is 31.0 Å². The first kappa shape index (κ1) is 21.5. The van der Waals surface area contributed by atoms with Crippen LogP contribution in [0.4, 0.5) is 21.9 Å². The Hall–Kier alpha value is -4.02. The normalized spacial score (nSPS) is 17.2. The number of urea groups is 1. The number of thiophene rings is 1. The van der Waals surface area contributed by atoms with Crippen LogP contribution < -0.4 is 25.6 Å². The molecule has 0 bridgehead atoms. The molecular formula is C25H22N6O3S. The predicted molar refractivity (Wildman–Crippen MR) is 135 cm³/mol. The van der Waals surface area contributed by atoms with Crippen LogP contribution in [-0.2, 0) is 0 Å². The molecule has 3 amide bonds. The summed E-state index contributed by atoms with van der Waals surface area (Å²) in [5.41, 5.74) is 1.87. The van der Waals surface area contributed by atoms with Crippen molar-refractivity contribution in [1.29, 1.82) is 0 Å².